The Morgan fingerprint density at radius 3 is 2.54 bits per heavy atom. The molecule has 0 bridgehead atoms. The van der Waals surface area contributed by atoms with Gasteiger partial charge in [-0.25, -0.2) is 4.39 Å². The maximum Gasteiger partial charge on any atom is 0.255 e. The van der Waals surface area contributed by atoms with Crippen LogP contribution in [0, 0.1) is 17.2 Å². The van der Waals surface area contributed by atoms with Gasteiger partial charge in [0.25, 0.3) is 5.91 Å². The van der Waals surface area contributed by atoms with Crippen LogP contribution in [0.1, 0.15) is 80.3 Å². The fourth-order valence-electron chi connectivity index (χ4n) is 7.08. The van der Waals surface area contributed by atoms with E-state index in [1.165, 1.54) is 4.90 Å². The van der Waals surface area contributed by atoms with E-state index >= 15 is 4.39 Å². The van der Waals surface area contributed by atoms with E-state index in [2.05, 4.69) is 24.1 Å². The maximum absolute atomic E-state index is 16.2. The van der Waals surface area contributed by atoms with Crippen LogP contribution in [0.5, 0.6) is 0 Å². The first kappa shape index (κ1) is 26.3. The van der Waals surface area contributed by atoms with Gasteiger partial charge in [0.2, 0.25) is 11.8 Å². The van der Waals surface area contributed by atoms with Crippen LogP contribution in [0.25, 0.3) is 0 Å². The number of carbonyl (C=O) groups excluding carboxylic acids is 3. The number of ether oxygens (including phenoxy) is 1. The van der Waals surface area contributed by atoms with Gasteiger partial charge in [-0.2, -0.15) is 0 Å². The Balaban J connectivity index is 1.42. The van der Waals surface area contributed by atoms with Gasteiger partial charge in [-0.3, -0.25) is 19.7 Å². The van der Waals surface area contributed by atoms with Gasteiger partial charge in [-0.05, 0) is 50.5 Å². The first-order valence-corrected chi connectivity index (χ1v) is 13.7. The Morgan fingerprint density at radius 1 is 1.14 bits per heavy atom. The maximum atomic E-state index is 16.2. The fourth-order valence-corrected chi connectivity index (χ4v) is 7.08. The monoisotopic (exact) mass is 515 g/mol. The standard InChI is InChI=1S/C28H38FN3O5/c1-3-27(4-2)17-31(15-18-9-13-37-14-10-18)12-11-28(27,36)21-6-5-19-20(24(21)29)16-32(26(19)35)22-7-8-23(33)30-25(22)34/h5-6,18,22,36H,3-4,7-17H2,1-2H3,(H,30,33,34). The minimum Gasteiger partial charge on any atom is -0.384 e. The van der Waals surface area contributed by atoms with Crippen molar-refractivity contribution in [2.45, 2.75) is 77.0 Å². The fraction of sp³-hybridized carbons (Fsp3) is 0.679. The number of amides is 3. The molecule has 2 atom stereocenters. The molecule has 0 radical (unpaired) electrons. The summed E-state index contributed by atoms with van der Waals surface area (Å²) in [7, 11) is 0. The molecule has 3 saturated heterocycles. The average molecular weight is 516 g/mol. The smallest absolute Gasteiger partial charge is 0.255 e. The summed E-state index contributed by atoms with van der Waals surface area (Å²) in [5.74, 6) is -1.27. The number of benzene rings is 1. The first-order chi connectivity index (χ1) is 17.7. The lowest BCUT2D eigenvalue weighted by atomic mass is 9.61. The van der Waals surface area contributed by atoms with E-state index in [0.29, 0.717) is 38.3 Å². The second-order valence-corrected chi connectivity index (χ2v) is 11.2. The Bertz CT molecular complexity index is 1080. The van der Waals surface area contributed by atoms with Crippen LogP contribution >= 0.6 is 0 Å². The summed E-state index contributed by atoms with van der Waals surface area (Å²) in [6, 6.07) is 2.38. The number of likely N-dealkylation sites (tertiary alicyclic amines) is 1. The van der Waals surface area contributed by atoms with Crippen molar-refractivity contribution in [2.75, 3.05) is 32.8 Å². The van der Waals surface area contributed by atoms with E-state index in [9.17, 15) is 19.5 Å². The lowest BCUT2D eigenvalue weighted by molar-refractivity contribution is -0.151. The molecule has 8 nitrogen and oxygen atoms in total. The summed E-state index contributed by atoms with van der Waals surface area (Å²) in [6.45, 7) is 7.99. The largest absolute Gasteiger partial charge is 0.384 e. The van der Waals surface area contributed by atoms with Crippen LogP contribution in [0.15, 0.2) is 12.1 Å². The number of hydrogen-bond acceptors (Lipinski definition) is 6. The summed E-state index contributed by atoms with van der Waals surface area (Å²) in [4.78, 5) is 40.9. The molecule has 0 aromatic heterocycles. The molecular weight excluding hydrogens is 477 g/mol. The van der Waals surface area contributed by atoms with Crippen LogP contribution in [0.2, 0.25) is 0 Å². The molecule has 2 unspecified atom stereocenters. The number of hydrogen-bond donors (Lipinski definition) is 2. The van der Waals surface area contributed by atoms with Crippen molar-refractivity contribution in [2.24, 2.45) is 11.3 Å². The van der Waals surface area contributed by atoms with Gasteiger partial charge >= 0.3 is 0 Å². The zero-order valence-corrected chi connectivity index (χ0v) is 21.9. The number of carbonyl (C=O) groups is 3. The van der Waals surface area contributed by atoms with E-state index in [1.807, 2.05) is 0 Å². The van der Waals surface area contributed by atoms with E-state index in [-0.39, 0.29) is 42.0 Å². The minimum atomic E-state index is -1.37. The predicted molar refractivity (Wildman–Crippen MR) is 134 cm³/mol. The Labute approximate surface area is 217 Å². The summed E-state index contributed by atoms with van der Waals surface area (Å²) < 4.78 is 21.8. The predicted octanol–water partition coefficient (Wildman–Crippen LogP) is 2.71. The van der Waals surface area contributed by atoms with Gasteiger partial charge < -0.3 is 19.6 Å². The highest BCUT2D eigenvalue weighted by molar-refractivity contribution is 6.05. The van der Waals surface area contributed by atoms with Crippen molar-refractivity contribution in [3.05, 3.63) is 34.6 Å². The van der Waals surface area contributed by atoms with Crippen molar-refractivity contribution < 1.29 is 28.6 Å². The third kappa shape index (κ3) is 4.38. The Hall–Kier alpha value is -2.36. The van der Waals surface area contributed by atoms with Crippen LogP contribution in [0.3, 0.4) is 0 Å². The van der Waals surface area contributed by atoms with E-state index < -0.39 is 34.7 Å². The molecule has 2 N–H and O–H groups in total. The number of rotatable bonds is 6. The van der Waals surface area contributed by atoms with Crippen LogP contribution in [-0.2, 0) is 26.5 Å². The molecule has 4 aliphatic heterocycles. The van der Waals surface area contributed by atoms with Crippen molar-refractivity contribution in [1.82, 2.24) is 15.1 Å². The first-order valence-electron chi connectivity index (χ1n) is 13.7. The molecule has 202 valence electrons. The molecule has 9 heteroatoms. The van der Waals surface area contributed by atoms with Crippen LogP contribution in [0.4, 0.5) is 4.39 Å². The Morgan fingerprint density at radius 2 is 1.86 bits per heavy atom. The highest BCUT2D eigenvalue weighted by Crippen LogP contribution is 2.52. The third-order valence-corrected chi connectivity index (χ3v) is 9.50. The van der Waals surface area contributed by atoms with Gasteiger partial charge in [0.1, 0.15) is 17.5 Å². The quantitative estimate of drug-likeness (QED) is 0.566. The average Bonchev–Trinajstić information content (AvgIpc) is 3.23. The van der Waals surface area contributed by atoms with Crippen molar-refractivity contribution >= 4 is 17.7 Å². The van der Waals surface area contributed by atoms with Gasteiger partial charge in [0.15, 0.2) is 0 Å². The lowest BCUT2D eigenvalue weighted by Gasteiger charge is -2.54. The van der Waals surface area contributed by atoms with Crippen LogP contribution in [-0.4, -0.2) is 71.5 Å². The number of nitrogens with zero attached hydrogens (tertiary/aromatic N) is 2. The van der Waals surface area contributed by atoms with E-state index in [1.54, 1.807) is 12.1 Å². The lowest BCUT2D eigenvalue weighted by Crippen LogP contribution is -2.58. The normalized spacial score (nSPS) is 28.9. The summed E-state index contributed by atoms with van der Waals surface area (Å²) >= 11 is 0. The highest BCUT2D eigenvalue weighted by Gasteiger charge is 2.54. The third-order valence-electron chi connectivity index (χ3n) is 9.50. The van der Waals surface area contributed by atoms with Gasteiger partial charge in [0.05, 0.1) is 6.54 Å². The molecule has 4 heterocycles. The number of imide groups is 1. The molecule has 3 amide bonds. The molecule has 37 heavy (non-hydrogen) atoms. The van der Waals surface area contributed by atoms with Crippen molar-refractivity contribution in [1.29, 1.82) is 0 Å². The molecule has 4 aliphatic rings. The van der Waals surface area contributed by atoms with E-state index in [4.69, 9.17) is 4.74 Å². The molecule has 0 saturated carbocycles. The van der Waals surface area contributed by atoms with Crippen molar-refractivity contribution in [3.8, 4) is 0 Å². The topological polar surface area (TPSA) is 99.2 Å². The summed E-state index contributed by atoms with van der Waals surface area (Å²) in [6.07, 6.45) is 4.26. The van der Waals surface area contributed by atoms with Crippen molar-refractivity contribution in [3.63, 3.8) is 0 Å². The molecule has 1 aromatic rings. The van der Waals surface area contributed by atoms with E-state index in [0.717, 1.165) is 32.6 Å². The minimum absolute atomic E-state index is 0.0443. The molecule has 1 aromatic carbocycles. The molecule has 5 rings (SSSR count). The van der Waals surface area contributed by atoms with Gasteiger partial charge in [-0.1, -0.05) is 19.9 Å². The second-order valence-electron chi connectivity index (χ2n) is 11.2. The molecule has 0 spiro atoms. The van der Waals surface area contributed by atoms with Gasteiger partial charge in [-0.15, -0.1) is 0 Å². The zero-order valence-electron chi connectivity index (χ0n) is 21.9. The summed E-state index contributed by atoms with van der Waals surface area (Å²) in [5.41, 5.74) is -1.19. The number of aliphatic hydroxyl groups is 1. The Kier molecular flexibility index (Phi) is 7.15. The number of fused-ring (bicyclic) bond motifs is 1. The number of piperidine rings is 2. The van der Waals surface area contributed by atoms with Crippen LogP contribution < -0.4 is 5.32 Å². The number of halogens is 1. The molecular formula is C28H38FN3O5. The number of nitrogens with one attached hydrogen (secondary N) is 1. The molecule has 0 aliphatic carbocycles. The second kappa shape index (κ2) is 10.1. The van der Waals surface area contributed by atoms with Gasteiger partial charge in [0, 0.05) is 61.4 Å². The molecule has 3 fully saturated rings. The zero-order chi connectivity index (χ0) is 26.4. The SMILES string of the molecule is CCC1(CC)CN(CC2CCOCC2)CCC1(O)c1ccc2c(c1F)CN(C1CCC(=O)NC1=O)C2=O. The summed E-state index contributed by atoms with van der Waals surface area (Å²) in [5, 5.41) is 14.5. The highest BCUT2D eigenvalue weighted by atomic mass is 19.1.